The van der Waals surface area contributed by atoms with Crippen LogP contribution in [0.3, 0.4) is 0 Å². The lowest BCUT2D eigenvalue weighted by Gasteiger charge is -2.47. The summed E-state index contributed by atoms with van der Waals surface area (Å²) in [4.78, 5) is 22.6. The Labute approximate surface area is 83.6 Å². The number of hydrogen-bond donors (Lipinski definition) is 0. The molecule has 0 amide bonds. The van der Waals surface area contributed by atoms with E-state index in [1.165, 1.54) is 14.2 Å². The van der Waals surface area contributed by atoms with E-state index in [0.29, 0.717) is 6.42 Å². The number of rotatable bonds is 2. The van der Waals surface area contributed by atoms with E-state index >= 15 is 0 Å². The first-order valence-electron chi connectivity index (χ1n) is 4.63. The fourth-order valence-electron chi connectivity index (χ4n) is 2.04. The van der Waals surface area contributed by atoms with Crippen molar-refractivity contribution in [2.24, 2.45) is 17.3 Å². The van der Waals surface area contributed by atoms with Crippen LogP contribution in [0.5, 0.6) is 0 Å². The van der Waals surface area contributed by atoms with E-state index in [4.69, 9.17) is 4.74 Å². The number of hydrogen-bond acceptors (Lipinski definition) is 4. The van der Waals surface area contributed by atoms with E-state index in [9.17, 15) is 9.59 Å². The van der Waals surface area contributed by atoms with Crippen molar-refractivity contribution in [3.8, 4) is 0 Å². The second kappa shape index (κ2) is 3.59. The van der Waals surface area contributed by atoms with Gasteiger partial charge in [0.25, 0.3) is 0 Å². The molecule has 1 rings (SSSR count). The number of ether oxygens (including phenoxy) is 2. The van der Waals surface area contributed by atoms with Gasteiger partial charge in [-0.15, -0.1) is 0 Å². The Morgan fingerprint density at radius 2 is 1.86 bits per heavy atom. The molecule has 3 unspecified atom stereocenters. The van der Waals surface area contributed by atoms with Crippen LogP contribution < -0.4 is 0 Å². The molecule has 0 heterocycles. The maximum Gasteiger partial charge on any atom is 0.311 e. The molecule has 1 aliphatic rings. The monoisotopic (exact) mass is 200 g/mol. The third-order valence-electron chi connectivity index (χ3n) is 3.41. The Morgan fingerprint density at radius 1 is 1.29 bits per heavy atom. The van der Waals surface area contributed by atoms with Crippen LogP contribution in [0.25, 0.3) is 0 Å². The zero-order valence-corrected chi connectivity index (χ0v) is 8.99. The lowest BCUT2D eigenvalue weighted by atomic mass is 9.55. The van der Waals surface area contributed by atoms with Gasteiger partial charge in [0.05, 0.1) is 25.6 Å². The minimum Gasteiger partial charge on any atom is -0.469 e. The predicted octanol–water partition coefficient (Wildman–Crippen LogP) is 0.995. The van der Waals surface area contributed by atoms with E-state index in [2.05, 4.69) is 4.74 Å². The molecule has 0 bridgehead atoms. The first-order valence-corrected chi connectivity index (χ1v) is 4.63. The van der Waals surface area contributed by atoms with Crippen LogP contribution >= 0.6 is 0 Å². The highest BCUT2D eigenvalue weighted by Gasteiger charge is 2.56. The summed E-state index contributed by atoms with van der Waals surface area (Å²) in [6.45, 7) is 3.70. The van der Waals surface area contributed by atoms with Crippen molar-refractivity contribution >= 4 is 11.9 Å². The van der Waals surface area contributed by atoms with Crippen LogP contribution in [-0.4, -0.2) is 26.2 Å². The normalized spacial score (nSPS) is 35.7. The van der Waals surface area contributed by atoms with Crippen molar-refractivity contribution in [2.45, 2.75) is 20.3 Å². The van der Waals surface area contributed by atoms with Gasteiger partial charge in [-0.05, 0) is 19.3 Å². The molecule has 4 heteroatoms. The van der Waals surface area contributed by atoms with Gasteiger partial charge in [-0.1, -0.05) is 6.92 Å². The highest BCUT2D eigenvalue weighted by Crippen LogP contribution is 2.51. The van der Waals surface area contributed by atoms with Gasteiger partial charge in [-0.3, -0.25) is 9.59 Å². The van der Waals surface area contributed by atoms with Gasteiger partial charge in [0, 0.05) is 0 Å². The van der Waals surface area contributed by atoms with Crippen LogP contribution in [0.4, 0.5) is 0 Å². The van der Waals surface area contributed by atoms with Crippen LogP contribution in [0.15, 0.2) is 0 Å². The summed E-state index contributed by atoms with van der Waals surface area (Å²) in [5, 5.41) is 0. The largest absolute Gasteiger partial charge is 0.469 e. The fourth-order valence-corrected chi connectivity index (χ4v) is 2.04. The van der Waals surface area contributed by atoms with Gasteiger partial charge in [0.15, 0.2) is 0 Å². The first kappa shape index (κ1) is 11.0. The lowest BCUT2D eigenvalue weighted by Crippen LogP contribution is -2.53. The van der Waals surface area contributed by atoms with Crippen molar-refractivity contribution < 1.29 is 19.1 Å². The van der Waals surface area contributed by atoms with Crippen molar-refractivity contribution in [1.82, 2.24) is 0 Å². The van der Waals surface area contributed by atoms with Crippen LogP contribution in [-0.2, 0) is 19.1 Å². The van der Waals surface area contributed by atoms with E-state index in [1.807, 2.05) is 13.8 Å². The second-order valence-electron chi connectivity index (χ2n) is 4.03. The minimum absolute atomic E-state index is 0.0117. The summed E-state index contributed by atoms with van der Waals surface area (Å²) in [5.41, 5.74) is -0.520. The van der Waals surface area contributed by atoms with E-state index in [-0.39, 0.29) is 23.8 Å². The van der Waals surface area contributed by atoms with E-state index in [1.54, 1.807) is 0 Å². The molecule has 0 aromatic carbocycles. The summed E-state index contributed by atoms with van der Waals surface area (Å²) in [7, 11) is 2.73. The summed E-state index contributed by atoms with van der Waals surface area (Å²) < 4.78 is 9.34. The molecule has 0 N–H and O–H groups in total. The Bertz CT molecular complexity index is 261. The predicted molar refractivity (Wildman–Crippen MR) is 49.4 cm³/mol. The smallest absolute Gasteiger partial charge is 0.311 e. The van der Waals surface area contributed by atoms with E-state index < -0.39 is 5.41 Å². The summed E-state index contributed by atoms with van der Waals surface area (Å²) in [6.07, 6.45) is 0.521. The number of carbonyl (C=O) groups excluding carboxylic acids is 2. The molecule has 0 aromatic rings. The first-order chi connectivity index (χ1) is 6.47. The fraction of sp³-hybridized carbons (Fsp3) is 0.800. The molecule has 0 aliphatic heterocycles. The number of carbonyl (C=O) groups is 2. The Balaban J connectivity index is 2.67. The Morgan fingerprint density at radius 3 is 2.21 bits per heavy atom. The Kier molecular flexibility index (Phi) is 2.83. The maximum absolute atomic E-state index is 11.4. The standard InChI is InChI=1S/C10H16O4/c1-6-7(8(11)13-3)5-10(6,2)9(12)14-4/h6-7H,5H2,1-4H3. The molecular formula is C10H16O4. The van der Waals surface area contributed by atoms with Gasteiger partial charge >= 0.3 is 11.9 Å². The quantitative estimate of drug-likeness (QED) is 0.624. The third-order valence-corrected chi connectivity index (χ3v) is 3.41. The third kappa shape index (κ3) is 1.38. The van der Waals surface area contributed by atoms with Crippen LogP contribution in [0, 0.1) is 17.3 Å². The molecule has 3 atom stereocenters. The van der Waals surface area contributed by atoms with Crippen molar-refractivity contribution in [2.75, 3.05) is 14.2 Å². The van der Waals surface area contributed by atoms with Gasteiger partial charge in [-0.25, -0.2) is 0 Å². The molecule has 1 aliphatic carbocycles. The average Bonchev–Trinajstić information content (AvgIpc) is 2.22. The van der Waals surface area contributed by atoms with Crippen LogP contribution in [0.2, 0.25) is 0 Å². The van der Waals surface area contributed by atoms with Gasteiger partial charge < -0.3 is 9.47 Å². The molecule has 0 spiro atoms. The van der Waals surface area contributed by atoms with E-state index in [0.717, 1.165) is 0 Å². The zero-order chi connectivity index (χ0) is 10.9. The summed E-state index contributed by atoms with van der Waals surface area (Å²) in [6, 6.07) is 0. The van der Waals surface area contributed by atoms with Gasteiger partial charge in [0.1, 0.15) is 0 Å². The van der Waals surface area contributed by atoms with Gasteiger partial charge in [0.2, 0.25) is 0 Å². The molecular weight excluding hydrogens is 184 g/mol. The maximum atomic E-state index is 11.4. The Hall–Kier alpha value is -1.06. The molecule has 0 aromatic heterocycles. The second-order valence-corrected chi connectivity index (χ2v) is 4.03. The summed E-state index contributed by atoms with van der Waals surface area (Å²) in [5.74, 6) is -0.657. The highest BCUT2D eigenvalue weighted by atomic mass is 16.5. The average molecular weight is 200 g/mol. The van der Waals surface area contributed by atoms with Crippen molar-refractivity contribution in [3.63, 3.8) is 0 Å². The molecule has 1 fully saturated rings. The SMILES string of the molecule is COC(=O)C1CC(C)(C(=O)OC)C1C. The topological polar surface area (TPSA) is 52.6 Å². The number of esters is 2. The lowest BCUT2D eigenvalue weighted by molar-refractivity contribution is -0.177. The molecule has 4 nitrogen and oxygen atoms in total. The number of methoxy groups -OCH3 is 2. The molecule has 14 heavy (non-hydrogen) atoms. The van der Waals surface area contributed by atoms with Crippen molar-refractivity contribution in [1.29, 1.82) is 0 Å². The van der Waals surface area contributed by atoms with Crippen LogP contribution in [0.1, 0.15) is 20.3 Å². The molecule has 1 saturated carbocycles. The highest BCUT2D eigenvalue weighted by molar-refractivity contribution is 5.83. The summed E-state index contributed by atoms with van der Waals surface area (Å²) >= 11 is 0. The molecule has 0 saturated heterocycles. The minimum atomic E-state index is -0.520. The molecule has 80 valence electrons. The molecule has 0 radical (unpaired) electrons. The van der Waals surface area contributed by atoms with Crippen molar-refractivity contribution in [3.05, 3.63) is 0 Å². The zero-order valence-electron chi connectivity index (χ0n) is 8.99. The van der Waals surface area contributed by atoms with Gasteiger partial charge in [-0.2, -0.15) is 0 Å².